The Morgan fingerprint density at radius 2 is 2.10 bits per heavy atom. The van der Waals surface area contributed by atoms with Gasteiger partial charge in [0.05, 0.1) is 17.7 Å². The SMILES string of the molecule is COC(=O)c1cccc(NCc2ccc(Cl)c(F)c2)c1C. The van der Waals surface area contributed by atoms with Crippen LogP contribution >= 0.6 is 11.6 Å². The molecule has 21 heavy (non-hydrogen) atoms. The van der Waals surface area contributed by atoms with Crippen LogP contribution in [0.1, 0.15) is 21.5 Å². The summed E-state index contributed by atoms with van der Waals surface area (Å²) >= 11 is 5.65. The highest BCUT2D eigenvalue weighted by Crippen LogP contribution is 2.21. The number of halogens is 2. The van der Waals surface area contributed by atoms with Gasteiger partial charge in [-0.2, -0.15) is 0 Å². The predicted octanol–water partition coefficient (Wildman–Crippen LogP) is 4.19. The van der Waals surface area contributed by atoms with E-state index in [2.05, 4.69) is 5.32 Å². The number of anilines is 1. The van der Waals surface area contributed by atoms with Crippen molar-refractivity contribution < 1.29 is 13.9 Å². The molecule has 110 valence electrons. The minimum Gasteiger partial charge on any atom is -0.465 e. The second-order valence-electron chi connectivity index (χ2n) is 4.57. The van der Waals surface area contributed by atoms with Gasteiger partial charge in [0.25, 0.3) is 0 Å². The normalized spacial score (nSPS) is 10.3. The number of carbonyl (C=O) groups is 1. The molecular weight excluding hydrogens is 293 g/mol. The largest absolute Gasteiger partial charge is 0.465 e. The Kier molecular flexibility index (Phi) is 4.81. The highest BCUT2D eigenvalue weighted by Gasteiger charge is 2.11. The van der Waals surface area contributed by atoms with Crippen LogP contribution in [-0.2, 0) is 11.3 Å². The van der Waals surface area contributed by atoms with Crippen LogP contribution in [0.5, 0.6) is 0 Å². The fraction of sp³-hybridized carbons (Fsp3) is 0.188. The van der Waals surface area contributed by atoms with Gasteiger partial charge in [0.2, 0.25) is 0 Å². The van der Waals surface area contributed by atoms with E-state index in [1.165, 1.54) is 19.2 Å². The van der Waals surface area contributed by atoms with Crippen molar-refractivity contribution in [3.63, 3.8) is 0 Å². The lowest BCUT2D eigenvalue weighted by molar-refractivity contribution is 0.0600. The molecule has 0 spiro atoms. The standard InChI is InChI=1S/C16H15ClFNO2/c1-10-12(16(20)21-2)4-3-5-15(10)19-9-11-6-7-13(17)14(18)8-11/h3-8,19H,9H2,1-2H3. The molecule has 0 fully saturated rings. The third kappa shape index (κ3) is 3.52. The van der Waals surface area contributed by atoms with E-state index >= 15 is 0 Å². The third-order valence-corrected chi connectivity index (χ3v) is 3.51. The summed E-state index contributed by atoms with van der Waals surface area (Å²) in [7, 11) is 1.35. The van der Waals surface area contributed by atoms with Crippen molar-refractivity contribution in [3.05, 3.63) is 63.9 Å². The molecule has 0 aromatic heterocycles. The summed E-state index contributed by atoms with van der Waals surface area (Å²) < 4.78 is 18.1. The zero-order chi connectivity index (χ0) is 15.4. The van der Waals surface area contributed by atoms with E-state index < -0.39 is 5.82 Å². The lowest BCUT2D eigenvalue weighted by Crippen LogP contribution is -2.07. The van der Waals surface area contributed by atoms with Gasteiger partial charge in [0.15, 0.2) is 0 Å². The molecule has 0 amide bonds. The van der Waals surface area contributed by atoms with E-state index in [4.69, 9.17) is 16.3 Å². The van der Waals surface area contributed by atoms with Gasteiger partial charge in [-0.1, -0.05) is 23.7 Å². The molecular formula is C16H15ClFNO2. The van der Waals surface area contributed by atoms with Crippen LogP contribution in [0.3, 0.4) is 0 Å². The topological polar surface area (TPSA) is 38.3 Å². The molecule has 0 aliphatic carbocycles. The Morgan fingerprint density at radius 3 is 2.76 bits per heavy atom. The van der Waals surface area contributed by atoms with Crippen LogP contribution in [0.4, 0.5) is 10.1 Å². The Labute approximate surface area is 127 Å². The Hall–Kier alpha value is -2.07. The first-order valence-corrected chi connectivity index (χ1v) is 6.76. The van der Waals surface area contributed by atoms with Gasteiger partial charge in [-0.3, -0.25) is 0 Å². The monoisotopic (exact) mass is 307 g/mol. The first-order valence-electron chi connectivity index (χ1n) is 6.38. The zero-order valence-electron chi connectivity index (χ0n) is 11.7. The quantitative estimate of drug-likeness (QED) is 0.861. The average molecular weight is 308 g/mol. The number of methoxy groups -OCH3 is 1. The van der Waals surface area contributed by atoms with E-state index in [1.807, 2.05) is 13.0 Å². The Balaban J connectivity index is 2.16. The summed E-state index contributed by atoms with van der Waals surface area (Å²) in [6.45, 7) is 2.26. The second kappa shape index (κ2) is 6.59. The molecule has 2 rings (SSSR count). The number of ether oxygens (including phenoxy) is 1. The van der Waals surface area contributed by atoms with E-state index in [0.717, 1.165) is 16.8 Å². The molecule has 0 aliphatic heterocycles. The molecule has 5 heteroatoms. The van der Waals surface area contributed by atoms with Crippen LogP contribution in [0.25, 0.3) is 0 Å². The van der Waals surface area contributed by atoms with Crippen LogP contribution < -0.4 is 5.32 Å². The smallest absolute Gasteiger partial charge is 0.338 e. The van der Waals surface area contributed by atoms with E-state index in [0.29, 0.717) is 12.1 Å². The summed E-state index contributed by atoms with van der Waals surface area (Å²) in [4.78, 5) is 11.6. The van der Waals surface area contributed by atoms with E-state index in [9.17, 15) is 9.18 Å². The van der Waals surface area contributed by atoms with E-state index in [-0.39, 0.29) is 11.0 Å². The molecule has 0 saturated heterocycles. The van der Waals surface area contributed by atoms with Gasteiger partial charge in [0, 0.05) is 12.2 Å². The highest BCUT2D eigenvalue weighted by atomic mass is 35.5. The van der Waals surface area contributed by atoms with Crippen LogP contribution in [0.2, 0.25) is 5.02 Å². The molecule has 0 unspecified atom stereocenters. The van der Waals surface area contributed by atoms with Gasteiger partial charge in [0.1, 0.15) is 5.82 Å². The third-order valence-electron chi connectivity index (χ3n) is 3.21. The molecule has 1 N–H and O–H groups in total. The van der Waals surface area contributed by atoms with Gasteiger partial charge in [-0.05, 0) is 42.3 Å². The lowest BCUT2D eigenvalue weighted by atomic mass is 10.1. The summed E-state index contributed by atoms with van der Waals surface area (Å²) in [6.07, 6.45) is 0. The van der Waals surface area contributed by atoms with Gasteiger partial charge in [-0.15, -0.1) is 0 Å². The predicted molar refractivity (Wildman–Crippen MR) is 81.3 cm³/mol. The fourth-order valence-corrected chi connectivity index (χ4v) is 2.12. The number of nitrogens with one attached hydrogen (secondary N) is 1. The summed E-state index contributed by atoms with van der Waals surface area (Å²) in [6, 6.07) is 9.98. The van der Waals surface area contributed by atoms with E-state index in [1.54, 1.807) is 18.2 Å². The second-order valence-corrected chi connectivity index (χ2v) is 4.98. The van der Waals surface area contributed by atoms with Crippen LogP contribution in [0, 0.1) is 12.7 Å². The highest BCUT2D eigenvalue weighted by molar-refractivity contribution is 6.30. The minimum absolute atomic E-state index is 0.0996. The van der Waals surface area contributed by atoms with Crippen LogP contribution in [0.15, 0.2) is 36.4 Å². The average Bonchev–Trinajstić information content (AvgIpc) is 2.49. The molecule has 0 saturated carbocycles. The maximum absolute atomic E-state index is 13.4. The van der Waals surface area contributed by atoms with Crippen molar-refractivity contribution in [2.75, 3.05) is 12.4 Å². The zero-order valence-corrected chi connectivity index (χ0v) is 12.5. The Bertz CT molecular complexity index is 673. The number of esters is 1. The maximum Gasteiger partial charge on any atom is 0.338 e. The maximum atomic E-state index is 13.4. The first-order chi connectivity index (χ1) is 10.0. The molecule has 0 radical (unpaired) electrons. The van der Waals surface area contributed by atoms with Gasteiger partial charge in [-0.25, -0.2) is 9.18 Å². The lowest BCUT2D eigenvalue weighted by Gasteiger charge is -2.12. The van der Waals surface area contributed by atoms with Gasteiger partial charge < -0.3 is 10.1 Å². The van der Waals surface area contributed by atoms with Crippen molar-refractivity contribution in [2.24, 2.45) is 0 Å². The van der Waals surface area contributed by atoms with Crippen molar-refractivity contribution in [1.29, 1.82) is 0 Å². The van der Waals surface area contributed by atoms with Gasteiger partial charge >= 0.3 is 5.97 Å². The van der Waals surface area contributed by atoms with Crippen molar-refractivity contribution in [3.8, 4) is 0 Å². The molecule has 0 atom stereocenters. The molecule has 3 nitrogen and oxygen atoms in total. The fourth-order valence-electron chi connectivity index (χ4n) is 2.01. The molecule has 0 bridgehead atoms. The Morgan fingerprint density at radius 1 is 1.33 bits per heavy atom. The summed E-state index contributed by atoms with van der Waals surface area (Å²) in [5.41, 5.74) is 2.86. The number of rotatable bonds is 4. The molecule has 0 heterocycles. The number of hydrogen-bond acceptors (Lipinski definition) is 3. The first kappa shape index (κ1) is 15.3. The molecule has 0 aliphatic rings. The number of hydrogen-bond donors (Lipinski definition) is 1. The van der Waals surface area contributed by atoms with Crippen molar-refractivity contribution in [2.45, 2.75) is 13.5 Å². The van der Waals surface area contributed by atoms with Crippen molar-refractivity contribution >= 4 is 23.3 Å². The summed E-state index contributed by atoms with van der Waals surface area (Å²) in [5.74, 6) is -0.829. The van der Waals surface area contributed by atoms with Crippen LogP contribution in [-0.4, -0.2) is 13.1 Å². The number of carbonyl (C=O) groups excluding carboxylic acids is 1. The summed E-state index contributed by atoms with van der Waals surface area (Å²) in [5, 5.41) is 3.28. The minimum atomic E-state index is -0.448. The number of benzene rings is 2. The molecule has 2 aromatic carbocycles. The van der Waals surface area contributed by atoms with Crippen molar-refractivity contribution in [1.82, 2.24) is 0 Å². The molecule has 2 aromatic rings.